The maximum absolute atomic E-state index is 11.8. The molecule has 0 saturated carbocycles. The van der Waals surface area contributed by atoms with E-state index < -0.39 is 28.4 Å². The average Bonchev–Trinajstić information content (AvgIpc) is 2.07. The zero-order chi connectivity index (χ0) is 12.3. The molecule has 0 amide bonds. The molecule has 0 aliphatic carbocycles. The molecule has 0 saturated heterocycles. The highest BCUT2D eigenvalue weighted by atomic mass is 32.2. The van der Waals surface area contributed by atoms with Gasteiger partial charge in [0.1, 0.15) is 0 Å². The van der Waals surface area contributed by atoms with Crippen molar-refractivity contribution in [2.75, 3.05) is 5.75 Å². The van der Waals surface area contributed by atoms with Gasteiger partial charge in [-0.1, -0.05) is 0 Å². The molecule has 90 valence electrons. The first kappa shape index (κ1) is 12.7. The first-order valence-corrected chi connectivity index (χ1v) is 5.02. The van der Waals surface area contributed by atoms with Gasteiger partial charge >= 0.3 is 11.2 Å². The molecule has 2 N–H and O–H groups in total. The predicted octanol–water partition coefficient (Wildman–Crippen LogP) is 0.495. The second-order valence-electron chi connectivity index (χ2n) is 2.74. The summed E-state index contributed by atoms with van der Waals surface area (Å²) < 4.78 is 36.0. The van der Waals surface area contributed by atoms with E-state index in [1.165, 1.54) is 0 Å². The Balaban J connectivity index is 2.76. The molecular formula is C7H7F3N2O3S. The third-order valence-corrected chi connectivity index (χ3v) is 2.31. The second-order valence-corrected chi connectivity index (χ2v) is 3.90. The first-order valence-electron chi connectivity index (χ1n) is 4.03. The van der Waals surface area contributed by atoms with Crippen LogP contribution < -0.4 is 11.2 Å². The van der Waals surface area contributed by atoms with Gasteiger partial charge in [-0.3, -0.25) is 14.3 Å². The average molecular weight is 256 g/mol. The van der Waals surface area contributed by atoms with E-state index in [1.807, 2.05) is 4.98 Å². The molecule has 0 fully saturated rings. The van der Waals surface area contributed by atoms with E-state index in [2.05, 4.69) is 0 Å². The standard InChI is InChI=1S/C7H7F3N2O3S/c8-7(9,10)16-2-1-12-5(14)3-4(13)11-6(12)15/h3,14H,1-2H2,(H,11,13,15). The van der Waals surface area contributed by atoms with Crippen molar-refractivity contribution >= 4 is 11.8 Å². The number of rotatable bonds is 3. The quantitative estimate of drug-likeness (QED) is 0.825. The molecule has 0 spiro atoms. The minimum absolute atomic E-state index is 0.313. The lowest BCUT2D eigenvalue weighted by molar-refractivity contribution is -0.0328. The molecule has 1 aromatic rings. The fraction of sp³-hybridized carbons (Fsp3) is 0.429. The van der Waals surface area contributed by atoms with Crippen LogP contribution in [0.3, 0.4) is 0 Å². The van der Waals surface area contributed by atoms with Gasteiger partial charge in [-0.25, -0.2) is 4.79 Å². The summed E-state index contributed by atoms with van der Waals surface area (Å²) in [7, 11) is 0. The van der Waals surface area contributed by atoms with Gasteiger partial charge in [-0.05, 0) is 11.8 Å². The molecule has 0 aromatic carbocycles. The Hall–Kier alpha value is -1.38. The van der Waals surface area contributed by atoms with Crippen LogP contribution in [0.15, 0.2) is 15.7 Å². The monoisotopic (exact) mass is 256 g/mol. The number of nitrogens with one attached hydrogen (secondary N) is 1. The fourth-order valence-electron chi connectivity index (χ4n) is 0.977. The van der Waals surface area contributed by atoms with E-state index in [0.717, 1.165) is 6.07 Å². The Morgan fingerprint density at radius 1 is 1.44 bits per heavy atom. The number of aromatic hydroxyl groups is 1. The van der Waals surface area contributed by atoms with Gasteiger partial charge in [0.05, 0.1) is 6.07 Å². The van der Waals surface area contributed by atoms with Crippen molar-refractivity contribution in [1.82, 2.24) is 9.55 Å². The normalized spacial score (nSPS) is 11.7. The van der Waals surface area contributed by atoms with Gasteiger partial charge in [0.25, 0.3) is 5.56 Å². The number of H-pyrrole nitrogens is 1. The van der Waals surface area contributed by atoms with Gasteiger partial charge in [-0.15, -0.1) is 0 Å². The van der Waals surface area contributed by atoms with E-state index in [0.29, 0.717) is 4.57 Å². The van der Waals surface area contributed by atoms with Crippen LogP contribution in [0, 0.1) is 0 Å². The molecule has 1 rings (SSSR count). The lowest BCUT2D eigenvalue weighted by atomic mass is 10.5. The number of halogens is 3. The number of aromatic nitrogens is 2. The molecular weight excluding hydrogens is 249 g/mol. The highest BCUT2D eigenvalue weighted by Gasteiger charge is 2.27. The molecule has 5 nitrogen and oxygen atoms in total. The number of aromatic amines is 1. The lowest BCUT2D eigenvalue weighted by Gasteiger charge is -2.08. The zero-order valence-electron chi connectivity index (χ0n) is 7.74. The van der Waals surface area contributed by atoms with Crippen molar-refractivity contribution in [1.29, 1.82) is 0 Å². The Morgan fingerprint density at radius 2 is 2.06 bits per heavy atom. The summed E-state index contributed by atoms with van der Waals surface area (Å²) >= 11 is -0.313. The Bertz CT molecular complexity index is 479. The topological polar surface area (TPSA) is 75.1 Å². The van der Waals surface area contributed by atoms with Crippen LogP contribution in [0.4, 0.5) is 13.2 Å². The summed E-state index contributed by atoms with van der Waals surface area (Å²) in [5, 5.41) is 9.15. The number of hydrogen-bond acceptors (Lipinski definition) is 4. The van der Waals surface area contributed by atoms with E-state index >= 15 is 0 Å². The highest BCUT2D eigenvalue weighted by molar-refractivity contribution is 8.00. The molecule has 0 bridgehead atoms. The minimum atomic E-state index is -4.39. The molecule has 1 heterocycles. The van der Waals surface area contributed by atoms with Gasteiger partial charge in [0.15, 0.2) is 0 Å². The maximum atomic E-state index is 11.8. The summed E-state index contributed by atoms with van der Waals surface area (Å²) in [6, 6.07) is 0.722. The number of nitrogens with zero attached hydrogens (tertiary/aromatic N) is 1. The zero-order valence-corrected chi connectivity index (χ0v) is 8.56. The highest BCUT2D eigenvalue weighted by Crippen LogP contribution is 2.30. The lowest BCUT2D eigenvalue weighted by Crippen LogP contribution is -2.29. The van der Waals surface area contributed by atoms with Crippen molar-refractivity contribution in [3.63, 3.8) is 0 Å². The van der Waals surface area contributed by atoms with Crippen LogP contribution in [0.1, 0.15) is 0 Å². The van der Waals surface area contributed by atoms with Crippen LogP contribution in [0.25, 0.3) is 0 Å². The molecule has 0 unspecified atom stereocenters. The van der Waals surface area contributed by atoms with Gasteiger partial charge in [-0.2, -0.15) is 13.2 Å². The predicted molar refractivity (Wildman–Crippen MR) is 51.5 cm³/mol. The van der Waals surface area contributed by atoms with Gasteiger partial charge in [0.2, 0.25) is 5.88 Å². The molecule has 0 radical (unpaired) electrons. The Morgan fingerprint density at radius 3 is 2.56 bits per heavy atom. The van der Waals surface area contributed by atoms with Crippen LogP contribution in [0.5, 0.6) is 5.88 Å². The van der Waals surface area contributed by atoms with E-state index in [4.69, 9.17) is 5.11 Å². The van der Waals surface area contributed by atoms with E-state index in [9.17, 15) is 22.8 Å². The Labute approximate surface area is 90.9 Å². The van der Waals surface area contributed by atoms with Crippen molar-refractivity contribution in [2.24, 2.45) is 0 Å². The van der Waals surface area contributed by atoms with Gasteiger partial charge in [0, 0.05) is 12.3 Å². The van der Waals surface area contributed by atoms with Crippen LogP contribution in [-0.4, -0.2) is 25.9 Å². The molecule has 1 aromatic heterocycles. The van der Waals surface area contributed by atoms with Crippen LogP contribution in [0.2, 0.25) is 0 Å². The Kier molecular flexibility index (Phi) is 3.68. The van der Waals surface area contributed by atoms with Crippen molar-refractivity contribution in [3.8, 4) is 5.88 Å². The second kappa shape index (κ2) is 4.64. The summed E-state index contributed by atoms with van der Waals surface area (Å²) in [6.45, 7) is -0.342. The SMILES string of the molecule is O=c1cc(O)n(CCSC(F)(F)F)c(=O)[nH]1. The summed E-state index contributed by atoms with van der Waals surface area (Å²) in [4.78, 5) is 23.6. The molecule has 9 heteroatoms. The number of hydrogen-bond donors (Lipinski definition) is 2. The first-order chi connectivity index (χ1) is 7.29. The van der Waals surface area contributed by atoms with Crippen LogP contribution >= 0.6 is 11.8 Å². The van der Waals surface area contributed by atoms with Crippen molar-refractivity contribution < 1.29 is 18.3 Å². The van der Waals surface area contributed by atoms with Crippen molar-refractivity contribution in [3.05, 3.63) is 26.9 Å². The van der Waals surface area contributed by atoms with E-state index in [1.54, 1.807) is 0 Å². The smallest absolute Gasteiger partial charge is 0.441 e. The third-order valence-electron chi connectivity index (χ3n) is 1.59. The number of alkyl halides is 3. The fourth-order valence-corrected chi connectivity index (χ4v) is 1.48. The molecule has 0 aliphatic rings. The number of thioether (sulfide) groups is 1. The molecule has 0 aliphatic heterocycles. The van der Waals surface area contributed by atoms with Gasteiger partial charge < -0.3 is 5.11 Å². The maximum Gasteiger partial charge on any atom is 0.441 e. The minimum Gasteiger partial charge on any atom is -0.494 e. The van der Waals surface area contributed by atoms with Crippen molar-refractivity contribution in [2.45, 2.75) is 12.1 Å². The third kappa shape index (κ3) is 3.65. The largest absolute Gasteiger partial charge is 0.494 e. The summed E-state index contributed by atoms with van der Waals surface area (Å²) in [5.74, 6) is -1.08. The van der Waals surface area contributed by atoms with Crippen LogP contribution in [-0.2, 0) is 6.54 Å². The molecule has 16 heavy (non-hydrogen) atoms. The summed E-state index contributed by atoms with van der Waals surface area (Å²) in [5.41, 5.74) is -6.13. The van der Waals surface area contributed by atoms with E-state index in [-0.39, 0.29) is 18.3 Å². The molecule has 0 atom stereocenters. The summed E-state index contributed by atoms with van der Waals surface area (Å²) in [6.07, 6.45) is 0.